The van der Waals surface area contributed by atoms with Crippen molar-refractivity contribution in [3.8, 4) is 33.6 Å². The van der Waals surface area contributed by atoms with Crippen LogP contribution < -0.4 is 0 Å². The summed E-state index contributed by atoms with van der Waals surface area (Å²) in [4.78, 5) is 0. The predicted octanol–water partition coefficient (Wildman–Crippen LogP) is 12.5. The van der Waals surface area contributed by atoms with Crippen LogP contribution in [0.4, 0.5) is 0 Å². The van der Waals surface area contributed by atoms with Gasteiger partial charge in [0.1, 0.15) is 0 Å². The fourth-order valence-electron chi connectivity index (χ4n) is 6.36. The second kappa shape index (κ2) is 10.9. The number of para-hydroxylation sites is 3. The van der Waals surface area contributed by atoms with Crippen LogP contribution in [0.25, 0.3) is 77.2 Å². The zero-order chi connectivity index (χ0) is 44.6. The van der Waals surface area contributed by atoms with Gasteiger partial charge in [0.05, 0.1) is 41.3 Å². The molecule has 0 amide bonds. The van der Waals surface area contributed by atoms with Crippen LogP contribution in [0.2, 0.25) is 0 Å². The van der Waals surface area contributed by atoms with Gasteiger partial charge in [-0.2, -0.15) is 0 Å². The highest BCUT2D eigenvalue weighted by molar-refractivity contribution is 6.12. The van der Waals surface area contributed by atoms with Crippen molar-refractivity contribution in [2.45, 2.75) is 26.2 Å². The van der Waals surface area contributed by atoms with Crippen LogP contribution in [0.5, 0.6) is 0 Å². The molecule has 0 radical (unpaired) electrons. The van der Waals surface area contributed by atoms with Crippen molar-refractivity contribution in [3.05, 3.63) is 169 Å². The molecule has 0 spiro atoms. The lowest BCUT2D eigenvalue weighted by atomic mass is 9.86. The Morgan fingerprint density at radius 3 is 1.54 bits per heavy atom. The summed E-state index contributed by atoms with van der Waals surface area (Å²) in [5.41, 5.74) is 2.47. The van der Waals surface area contributed by atoms with Gasteiger partial charge in [-0.1, -0.05) is 124 Å². The van der Waals surface area contributed by atoms with Gasteiger partial charge in [0, 0.05) is 32.9 Å². The topological polar surface area (TPSA) is 9.86 Å². The molecule has 48 heavy (non-hydrogen) atoms. The average Bonchev–Trinajstić information content (AvgIpc) is 3.82. The maximum Gasteiger partial charge on any atom is 0.0645 e. The van der Waals surface area contributed by atoms with Crippen LogP contribution in [0, 0.1) is 0 Å². The molecule has 9 aromatic rings. The molecule has 2 aromatic heterocycles. The highest BCUT2D eigenvalue weighted by Crippen LogP contribution is 2.38. The second-order valence-electron chi connectivity index (χ2n) is 12.8. The lowest BCUT2D eigenvalue weighted by molar-refractivity contribution is 0.590. The largest absolute Gasteiger partial charge is 0.309 e. The number of fused-ring (bicyclic) bond motifs is 6. The molecule has 2 nitrogen and oxygen atoms in total. The summed E-state index contributed by atoms with van der Waals surface area (Å²) in [6.45, 7) is 6.35. The molecule has 2 heterocycles. The molecule has 0 aliphatic carbocycles. The minimum atomic E-state index is -0.606. The molecule has 0 aliphatic rings. The monoisotopic (exact) mass is 630 g/mol. The molecule has 0 bridgehead atoms. The third-order valence-electron chi connectivity index (χ3n) is 8.77. The van der Waals surface area contributed by atoms with Crippen LogP contribution in [-0.4, -0.2) is 9.13 Å². The Hall–Kier alpha value is -5.86. The van der Waals surface area contributed by atoms with E-state index in [1.165, 1.54) is 9.13 Å². The van der Waals surface area contributed by atoms with Crippen molar-refractivity contribution in [1.82, 2.24) is 9.13 Å². The maximum absolute atomic E-state index is 9.80. The SMILES string of the molecule is [2H]c1c([2H])c([2H])c2c(c1[2H])c1c([2H])c(-c3c([2H])c([2H])c4c(c3[2H])c3c([2H])c([2H])c([2H])c([2H])c3n4-c3cccc(-c4ccc(C(C)(C)C)cc4)c3)c([2H])c([2H])c1n2-c1ccccc1. The number of rotatable bonds is 4. The Bertz CT molecular complexity index is 3420. The first-order valence-electron chi connectivity index (χ1n) is 22.6. The summed E-state index contributed by atoms with van der Waals surface area (Å²) in [6, 6.07) is 16.4. The van der Waals surface area contributed by atoms with Crippen molar-refractivity contribution in [2.75, 3.05) is 0 Å². The zero-order valence-electron chi connectivity index (χ0n) is 40.4. The molecular formula is C46H36N2. The van der Waals surface area contributed by atoms with Crippen molar-refractivity contribution >= 4 is 43.6 Å². The predicted molar refractivity (Wildman–Crippen MR) is 205 cm³/mol. The van der Waals surface area contributed by atoms with E-state index >= 15 is 0 Å². The Balaban J connectivity index is 1.41. The number of aromatic nitrogens is 2. The number of benzene rings is 7. The van der Waals surface area contributed by atoms with Gasteiger partial charge in [0.2, 0.25) is 0 Å². The molecule has 0 saturated carbocycles. The van der Waals surface area contributed by atoms with E-state index in [-0.39, 0.29) is 49.0 Å². The molecular weight excluding hydrogens is 581 g/mol. The van der Waals surface area contributed by atoms with Crippen molar-refractivity contribution in [2.24, 2.45) is 0 Å². The lowest BCUT2D eigenvalue weighted by Crippen LogP contribution is -2.10. The summed E-state index contributed by atoms with van der Waals surface area (Å²) in [7, 11) is 0. The summed E-state index contributed by atoms with van der Waals surface area (Å²) in [5.74, 6) is 0. The van der Waals surface area contributed by atoms with Crippen LogP contribution >= 0.6 is 0 Å². The van der Waals surface area contributed by atoms with E-state index < -0.39 is 95.7 Å². The van der Waals surface area contributed by atoms with E-state index in [1.54, 1.807) is 48.5 Å². The third-order valence-corrected chi connectivity index (χ3v) is 8.77. The summed E-state index contributed by atoms with van der Waals surface area (Å²) >= 11 is 0. The first kappa shape index (κ1) is 17.3. The van der Waals surface area contributed by atoms with Gasteiger partial charge in [-0.25, -0.2) is 0 Å². The van der Waals surface area contributed by atoms with Crippen LogP contribution in [0.1, 0.15) is 45.5 Å². The van der Waals surface area contributed by atoms with E-state index in [9.17, 15) is 8.22 Å². The smallest absolute Gasteiger partial charge is 0.0645 e. The number of hydrogen-bond acceptors (Lipinski definition) is 0. The van der Waals surface area contributed by atoms with E-state index in [1.807, 2.05) is 30.3 Å². The van der Waals surface area contributed by atoms with Gasteiger partial charge in [-0.3, -0.25) is 0 Å². The van der Waals surface area contributed by atoms with Crippen molar-refractivity contribution < 1.29 is 19.2 Å². The fraction of sp³-hybridized carbons (Fsp3) is 0.0870. The van der Waals surface area contributed by atoms with Crippen LogP contribution in [-0.2, 0) is 5.41 Å². The first-order chi connectivity index (χ1) is 29.3. The van der Waals surface area contributed by atoms with Gasteiger partial charge in [0.15, 0.2) is 0 Å². The van der Waals surface area contributed by atoms with Gasteiger partial charge in [0.25, 0.3) is 0 Å². The fourth-order valence-corrected chi connectivity index (χ4v) is 6.36. The Morgan fingerprint density at radius 2 is 0.958 bits per heavy atom. The minimum Gasteiger partial charge on any atom is -0.309 e. The molecule has 0 fully saturated rings. The zero-order valence-corrected chi connectivity index (χ0v) is 26.4. The maximum atomic E-state index is 9.80. The average molecular weight is 631 g/mol. The Morgan fingerprint density at radius 1 is 0.438 bits per heavy atom. The molecule has 7 aromatic carbocycles. The first-order valence-corrected chi connectivity index (χ1v) is 15.6. The molecule has 0 unspecified atom stereocenters. The van der Waals surface area contributed by atoms with E-state index in [2.05, 4.69) is 20.8 Å². The van der Waals surface area contributed by atoms with Crippen LogP contribution in [0.15, 0.2) is 163 Å². The quantitative estimate of drug-likeness (QED) is 0.183. The molecule has 9 rings (SSSR count). The third kappa shape index (κ3) is 4.56. The molecule has 0 saturated heterocycles. The summed E-state index contributed by atoms with van der Waals surface area (Å²) < 4.78 is 131. The molecule has 0 atom stereocenters. The van der Waals surface area contributed by atoms with E-state index in [0.717, 1.165) is 16.7 Å². The molecule has 0 aliphatic heterocycles. The minimum absolute atomic E-state index is 0.0315. The molecule has 0 N–H and O–H groups in total. The van der Waals surface area contributed by atoms with Gasteiger partial charge in [-0.15, -0.1) is 0 Å². The Kier molecular flexibility index (Phi) is 3.92. The number of nitrogens with zero attached hydrogens (tertiary/aromatic N) is 2. The van der Waals surface area contributed by atoms with Crippen LogP contribution in [0.3, 0.4) is 0 Å². The summed E-state index contributed by atoms with van der Waals surface area (Å²) in [5, 5.41) is -0.444. The van der Waals surface area contributed by atoms with Gasteiger partial charge in [-0.05, 0) is 93.8 Å². The van der Waals surface area contributed by atoms with E-state index in [4.69, 9.17) is 11.0 Å². The standard InChI is InChI=1S/C46H36N2/c1-46(2,3)35-24-20-31(21-25-35)32-12-11-15-37(28-32)48-43-19-10-8-17-39(43)41-30-34(23-27-45(41)48)33-22-26-44-40(29-33)38-16-7-9-18-42(38)47(44)36-13-5-4-6-14-36/h4-30H,1-3H3/i7D,8D,9D,10D,16D,17D,18D,19D,22D,23D,26D,27D,29D,30D. The lowest BCUT2D eigenvalue weighted by Gasteiger charge is -2.19. The van der Waals surface area contributed by atoms with Gasteiger partial charge < -0.3 is 9.13 Å². The van der Waals surface area contributed by atoms with Gasteiger partial charge >= 0.3 is 0 Å². The molecule has 230 valence electrons. The highest BCUT2D eigenvalue weighted by atomic mass is 15.0. The Labute approximate surface area is 300 Å². The number of hydrogen-bond donors (Lipinski definition) is 0. The van der Waals surface area contributed by atoms with E-state index in [0.29, 0.717) is 11.4 Å². The van der Waals surface area contributed by atoms with Crippen molar-refractivity contribution in [1.29, 1.82) is 0 Å². The molecule has 2 heteroatoms. The second-order valence-corrected chi connectivity index (χ2v) is 12.8. The highest BCUT2D eigenvalue weighted by Gasteiger charge is 2.17. The summed E-state index contributed by atoms with van der Waals surface area (Å²) in [6.07, 6.45) is 0. The normalized spacial score (nSPS) is 16.1. The van der Waals surface area contributed by atoms with Crippen molar-refractivity contribution in [3.63, 3.8) is 0 Å².